The summed E-state index contributed by atoms with van der Waals surface area (Å²) in [5, 5.41) is 8.69. The second-order valence-corrected chi connectivity index (χ2v) is 2.77. The Hall–Kier alpha value is -0.370. The van der Waals surface area contributed by atoms with E-state index in [1.54, 1.807) is 0 Å². The molecule has 0 bridgehead atoms. The number of methoxy groups -OCH3 is 1. The molecule has 3 N–H and O–H groups in total. The summed E-state index contributed by atoms with van der Waals surface area (Å²) in [5.74, 6) is 0. The van der Waals surface area contributed by atoms with Gasteiger partial charge < -0.3 is 20.3 Å². The van der Waals surface area contributed by atoms with E-state index < -0.39 is 31.5 Å². The van der Waals surface area contributed by atoms with Crippen LogP contribution in [0.3, 0.4) is 0 Å². The van der Waals surface area contributed by atoms with Crippen LogP contribution in [0, 0.1) is 0 Å². The fraction of sp³-hybridized carbons (Fsp3) is 1.00. The Morgan fingerprint density at radius 3 is 2.36 bits per heavy atom. The molecule has 2 atom stereocenters. The number of hydrogen-bond acceptors (Lipinski definition) is 4. The van der Waals surface area contributed by atoms with Gasteiger partial charge in [-0.25, -0.2) is 0 Å². The van der Waals surface area contributed by atoms with Gasteiger partial charge in [0.25, 0.3) is 0 Å². The van der Waals surface area contributed by atoms with Crippen LogP contribution in [0.5, 0.6) is 0 Å². The molecular formula is C7H14F3NO3. The summed E-state index contributed by atoms with van der Waals surface area (Å²) in [4.78, 5) is 0. The SMILES string of the molecule is COCC(N)C(CO)OCC(F)(F)F. The molecule has 14 heavy (non-hydrogen) atoms. The van der Waals surface area contributed by atoms with Crippen molar-refractivity contribution in [3.8, 4) is 0 Å². The monoisotopic (exact) mass is 217 g/mol. The van der Waals surface area contributed by atoms with E-state index in [1.165, 1.54) is 7.11 Å². The summed E-state index contributed by atoms with van der Waals surface area (Å²) in [6, 6.07) is -0.771. The van der Waals surface area contributed by atoms with Crippen molar-refractivity contribution in [2.24, 2.45) is 5.73 Å². The van der Waals surface area contributed by atoms with Crippen LogP contribution in [0.2, 0.25) is 0 Å². The number of hydrogen-bond donors (Lipinski definition) is 2. The van der Waals surface area contributed by atoms with Gasteiger partial charge in [-0.1, -0.05) is 0 Å². The van der Waals surface area contributed by atoms with E-state index >= 15 is 0 Å². The molecule has 0 aromatic carbocycles. The molecule has 0 heterocycles. The highest BCUT2D eigenvalue weighted by atomic mass is 19.4. The molecule has 0 fully saturated rings. The number of aliphatic hydroxyl groups is 1. The molecule has 0 saturated heterocycles. The predicted molar refractivity (Wildman–Crippen MR) is 42.7 cm³/mol. The van der Waals surface area contributed by atoms with E-state index in [4.69, 9.17) is 10.8 Å². The minimum Gasteiger partial charge on any atom is -0.394 e. The summed E-state index contributed by atoms with van der Waals surface area (Å²) in [6.45, 7) is -1.96. The normalized spacial score (nSPS) is 16.7. The fourth-order valence-electron chi connectivity index (χ4n) is 0.813. The molecule has 4 nitrogen and oxygen atoms in total. The molecule has 0 rings (SSSR count). The molecule has 0 aromatic rings. The van der Waals surface area contributed by atoms with Crippen molar-refractivity contribution in [2.45, 2.75) is 18.3 Å². The second-order valence-electron chi connectivity index (χ2n) is 2.77. The summed E-state index contributed by atoms with van der Waals surface area (Å²) >= 11 is 0. The molecule has 7 heteroatoms. The lowest BCUT2D eigenvalue weighted by Gasteiger charge is -2.22. The predicted octanol–water partition coefficient (Wildman–Crippen LogP) is -0.100. The quantitative estimate of drug-likeness (QED) is 0.652. The van der Waals surface area contributed by atoms with Gasteiger partial charge in [-0.2, -0.15) is 13.2 Å². The van der Waals surface area contributed by atoms with Crippen molar-refractivity contribution in [1.82, 2.24) is 0 Å². The molecule has 0 aliphatic carbocycles. The standard InChI is InChI=1S/C7H14F3NO3/c1-13-3-5(11)6(2-12)14-4-7(8,9)10/h5-6,12H,2-4,11H2,1H3. The number of halogens is 3. The molecular weight excluding hydrogens is 203 g/mol. The average Bonchev–Trinajstić information content (AvgIpc) is 2.03. The Kier molecular flexibility index (Phi) is 6.01. The first kappa shape index (κ1) is 13.6. The lowest BCUT2D eigenvalue weighted by atomic mass is 10.2. The molecule has 0 aliphatic rings. The van der Waals surface area contributed by atoms with Gasteiger partial charge in [0.2, 0.25) is 0 Å². The highest BCUT2D eigenvalue weighted by Gasteiger charge is 2.30. The minimum absolute atomic E-state index is 0.0308. The Morgan fingerprint density at radius 1 is 1.43 bits per heavy atom. The van der Waals surface area contributed by atoms with Crippen LogP contribution < -0.4 is 5.73 Å². The van der Waals surface area contributed by atoms with Crippen LogP contribution in [-0.4, -0.2) is 50.4 Å². The van der Waals surface area contributed by atoms with Crippen molar-refractivity contribution < 1.29 is 27.8 Å². The van der Waals surface area contributed by atoms with Gasteiger partial charge in [0.1, 0.15) is 6.61 Å². The number of alkyl halides is 3. The molecule has 0 aliphatic heterocycles. The van der Waals surface area contributed by atoms with E-state index in [1.807, 2.05) is 0 Å². The molecule has 0 saturated carbocycles. The van der Waals surface area contributed by atoms with Crippen LogP contribution in [0.15, 0.2) is 0 Å². The molecule has 86 valence electrons. The smallest absolute Gasteiger partial charge is 0.394 e. The highest BCUT2D eigenvalue weighted by molar-refractivity contribution is 4.72. The summed E-state index contributed by atoms with van der Waals surface area (Å²) in [7, 11) is 1.36. The van der Waals surface area contributed by atoms with Crippen LogP contribution in [0.4, 0.5) is 13.2 Å². The Bertz CT molecular complexity index is 154. The van der Waals surface area contributed by atoms with Gasteiger partial charge in [-0.05, 0) is 0 Å². The van der Waals surface area contributed by atoms with Crippen molar-refractivity contribution in [3.05, 3.63) is 0 Å². The van der Waals surface area contributed by atoms with E-state index in [9.17, 15) is 13.2 Å². The fourth-order valence-corrected chi connectivity index (χ4v) is 0.813. The maximum atomic E-state index is 11.7. The third kappa shape index (κ3) is 6.14. The van der Waals surface area contributed by atoms with Crippen molar-refractivity contribution in [2.75, 3.05) is 26.9 Å². The largest absolute Gasteiger partial charge is 0.411 e. The average molecular weight is 217 g/mol. The van der Waals surface area contributed by atoms with Crippen LogP contribution in [-0.2, 0) is 9.47 Å². The minimum atomic E-state index is -4.42. The number of ether oxygens (including phenoxy) is 2. The first-order valence-corrected chi connectivity index (χ1v) is 3.94. The summed E-state index contributed by atoms with van der Waals surface area (Å²) in [6.07, 6.45) is -5.48. The van der Waals surface area contributed by atoms with E-state index in [2.05, 4.69) is 9.47 Å². The van der Waals surface area contributed by atoms with E-state index in [0.717, 1.165) is 0 Å². The van der Waals surface area contributed by atoms with Gasteiger partial charge in [0.05, 0.1) is 25.4 Å². The van der Waals surface area contributed by atoms with Crippen molar-refractivity contribution in [3.63, 3.8) is 0 Å². The molecule has 0 radical (unpaired) electrons. The second kappa shape index (κ2) is 6.18. The summed E-state index contributed by atoms with van der Waals surface area (Å²) < 4.78 is 44.2. The Morgan fingerprint density at radius 2 is 2.00 bits per heavy atom. The van der Waals surface area contributed by atoms with Gasteiger partial charge in [-0.15, -0.1) is 0 Å². The van der Waals surface area contributed by atoms with Gasteiger partial charge in [0.15, 0.2) is 0 Å². The highest BCUT2D eigenvalue weighted by Crippen LogP contribution is 2.15. The van der Waals surface area contributed by atoms with Crippen LogP contribution in [0.25, 0.3) is 0 Å². The van der Waals surface area contributed by atoms with Crippen LogP contribution in [0.1, 0.15) is 0 Å². The lowest BCUT2D eigenvalue weighted by Crippen LogP contribution is -2.44. The Balaban J connectivity index is 3.90. The van der Waals surface area contributed by atoms with Gasteiger partial charge >= 0.3 is 6.18 Å². The van der Waals surface area contributed by atoms with E-state index in [0.29, 0.717) is 0 Å². The van der Waals surface area contributed by atoms with Crippen molar-refractivity contribution in [1.29, 1.82) is 0 Å². The molecule has 2 unspecified atom stereocenters. The molecule has 0 aromatic heterocycles. The van der Waals surface area contributed by atoms with Crippen LogP contribution >= 0.6 is 0 Å². The topological polar surface area (TPSA) is 64.7 Å². The number of aliphatic hydroxyl groups excluding tert-OH is 1. The van der Waals surface area contributed by atoms with Crippen molar-refractivity contribution >= 4 is 0 Å². The summed E-state index contributed by atoms with van der Waals surface area (Å²) in [5.41, 5.74) is 5.39. The maximum absolute atomic E-state index is 11.7. The third-order valence-electron chi connectivity index (χ3n) is 1.48. The zero-order chi connectivity index (χ0) is 11.2. The zero-order valence-electron chi connectivity index (χ0n) is 7.75. The molecule has 0 spiro atoms. The first-order valence-electron chi connectivity index (χ1n) is 3.94. The van der Waals surface area contributed by atoms with Gasteiger partial charge in [0, 0.05) is 7.11 Å². The lowest BCUT2D eigenvalue weighted by molar-refractivity contribution is -0.191. The van der Waals surface area contributed by atoms with E-state index in [-0.39, 0.29) is 6.61 Å². The number of rotatable bonds is 6. The number of nitrogens with two attached hydrogens (primary N) is 1. The molecule has 0 amide bonds. The van der Waals surface area contributed by atoms with Gasteiger partial charge in [-0.3, -0.25) is 0 Å². The maximum Gasteiger partial charge on any atom is 0.411 e. The zero-order valence-corrected chi connectivity index (χ0v) is 7.75. The third-order valence-corrected chi connectivity index (χ3v) is 1.48. The Labute approximate surface area is 79.8 Å². The first-order chi connectivity index (χ1) is 6.40.